The quantitative estimate of drug-likeness (QED) is 0.330. The Morgan fingerprint density at radius 3 is 2.64 bits per heavy atom. The average Bonchev–Trinajstić information content (AvgIpc) is 3.22. The van der Waals surface area contributed by atoms with Crippen molar-refractivity contribution >= 4 is 22.9 Å². The first-order valence-electron chi connectivity index (χ1n) is 10.4. The number of carbonyl (C=O) groups excluding carboxylic acids is 2. The van der Waals surface area contributed by atoms with Crippen LogP contribution in [0.4, 0.5) is 0 Å². The van der Waals surface area contributed by atoms with E-state index < -0.39 is 18.2 Å². The van der Waals surface area contributed by atoms with Gasteiger partial charge in [0.25, 0.3) is 6.29 Å². The van der Waals surface area contributed by atoms with E-state index in [0.717, 1.165) is 5.56 Å². The molecule has 2 aliphatic heterocycles. The number of ether oxygens (including phenoxy) is 3. The fourth-order valence-electron chi connectivity index (χ4n) is 3.85. The van der Waals surface area contributed by atoms with Gasteiger partial charge in [-0.25, -0.2) is 9.59 Å². The summed E-state index contributed by atoms with van der Waals surface area (Å²) in [4.78, 5) is 36.0. The molecule has 0 saturated carbocycles. The van der Waals surface area contributed by atoms with Crippen molar-refractivity contribution < 1.29 is 28.2 Å². The Hall–Kier alpha value is -4.39. The molecule has 0 bridgehead atoms. The minimum absolute atomic E-state index is 0.203. The van der Waals surface area contributed by atoms with Crippen LogP contribution >= 0.6 is 0 Å². The lowest BCUT2D eigenvalue weighted by atomic mass is 9.91. The molecule has 3 aliphatic rings. The first-order valence-corrected chi connectivity index (χ1v) is 10.4. The highest BCUT2D eigenvalue weighted by molar-refractivity contribution is 6.07. The van der Waals surface area contributed by atoms with Gasteiger partial charge in [-0.1, -0.05) is 18.2 Å². The van der Waals surface area contributed by atoms with Crippen LogP contribution in [-0.4, -0.2) is 24.8 Å². The van der Waals surface area contributed by atoms with Gasteiger partial charge in [0.05, 0.1) is 12.2 Å². The molecule has 0 fully saturated rings. The van der Waals surface area contributed by atoms with E-state index in [4.69, 9.17) is 18.6 Å². The third-order valence-electron chi connectivity index (χ3n) is 5.23. The third-order valence-corrected chi connectivity index (χ3v) is 5.23. The molecule has 164 valence electrons. The second kappa shape index (κ2) is 8.27. The molecule has 7 heteroatoms. The topological polar surface area (TPSA) is 92.0 Å². The molecule has 0 N–H and O–H groups in total. The largest absolute Gasteiger partial charge is 0.462 e. The second-order valence-electron chi connectivity index (χ2n) is 7.34. The lowest BCUT2D eigenvalue weighted by Crippen LogP contribution is -2.15. The zero-order valence-corrected chi connectivity index (χ0v) is 17.6. The molecule has 33 heavy (non-hydrogen) atoms. The molecule has 2 aromatic rings. The summed E-state index contributed by atoms with van der Waals surface area (Å²) in [5.74, 6) is -0.131. The Morgan fingerprint density at radius 2 is 1.85 bits per heavy atom. The number of esters is 2. The lowest BCUT2D eigenvalue weighted by molar-refractivity contribution is -0.147. The van der Waals surface area contributed by atoms with Gasteiger partial charge in [0, 0.05) is 40.8 Å². The molecular formula is C26H18O7. The molecule has 1 atom stereocenters. The van der Waals surface area contributed by atoms with E-state index in [1.807, 2.05) is 12.1 Å². The van der Waals surface area contributed by atoms with Crippen molar-refractivity contribution in [2.24, 2.45) is 0 Å². The van der Waals surface area contributed by atoms with E-state index in [1.165, 1.54) is 24.3 Å². The number of cyclic esters (lactones) is 1. The van der Waals surface area contributed by atoms with Crippen LogP contribution in [0.2, 0.25) is 0 Å². The maximum Gasteiger partial charge on any atom is 0.338 e. The molecule has 0 amide bonds. The minimum atomic E-state index is -0.826. The highest BCUT2D eigenvalue weighted by Gasteiger charge is 2.23. The molecule has 1 aliphatic carbocycles. The number of hydrogen-bond acceptors (Lipinski definition) is 7. The van der Waals surface area contributed by atoms with Gasteiger partial charge < -0.3 is 18.6 Å². The molecule has 1 unspecified atom stereocenters. The van der Waals surface area contributed by atoms with Gasteiger partial charge in [0.2, 0.25) is 0 Å². The normalized spacial score (nSPS) is 15.1. The predicted molar refractivity (Wildman–Crippen MR) is 120 cm³/mol. The maximum atomic E-state index is 12.7. The van der Waals surface area contributed by atoms with Gasteiger partial charge in [0.1, 0.15) is 17.1 Å². The van der Waals surface area contributed by atoms with E-state index in [0.29, 0.717) is 39.2 Å². The van der Waals surface area contributed by atoms with E-state index in [2.05, 4.69) is 0 Å². The highest BCUT2D eigenvalue weighted by Crippen LogP contribution is 2.42. The maximum absolute atomic E-state index is 12.7. The second-order valence-corrected chi connectivity index (χ2v) is 7.34. The van der Waals surface area contributed by atoms with Crippen LogP contribution < -0.4 is 10.2 Å². The third kappa shape index (κ3) is 3.85. The monoisotopic (exact) mass is 442 g/mol. The Labute approximate surface area is 188 Å². The van der Waals surface area contributed by atoms with Gasteiger partial charge in [0.15, 0.2) is 5.43 Å². The van der Waals surface area contributed by atoms with Crippen LogP contribution in [-0.2, 0) is 14.3 Å². The average molecular weight is 442 g/mol. The van der Waals surface area contributed by atoms with Crippen LogP contribution in [0, 0.1) is 0 Å². The van der Waals surface area contributed by atoms with Crippen molar-refractivity contribution in [2.45, 2.75) is 13.2 Å². The predicted octanol–water partition coefficient (Wildman–Crippen LogP) is 4.56. The summed E-state index contributed by atoms with van der Waals surface area (Å²) in [6, 6.07) is 16.9. The standard InChI is InChI=1S/C26H18O7/c1-2-30-26(29)18-6-4-3-5-17(18)25-19-9-7-15(27)13-21(19)32-22-14-16(8-10-20(22)25)31-24-12-11-23(28)33-24/h3-14,24H,2H2,1H3. The van der Waals surface area contributed by atoms with E-state index >= 15 is 0 Å². The smallest absolute Gasteiger partial charge is 0.338 e. The first kappa shape index (κ1) is 20.5. The van der Waals surface area contributed by atoms with E-state index in [9.17, 15) is 14.4 Å². The summed E-state index contributed by atoms with van der Waals surface area (Å²) in [6.07, 6.45) is 1.98. The molecule has 7 nitrogen and oxygen atoms in total. The summed E-state index contributed by atoms with van der Waals surface area (Å²) < 4.78 is 22.0. The van der Waals surface area contributed by atoms with Crippen molar-refractivity contribution in [1.29, 1.82) is 0 Å². The summed E-state index contributed by atoms with van der Waals surface area (Å²) in [7, 11) is 0. The van der Waals surface area contributed by atoms with Crippen molar-refractivity contribution in [3.63, 3.8) is 0 Å². The number of benzene rings is 3. The van der Waals surface area contributed by atoms with Crippen molar-refractivity contribution in [1.82, 2.24) is 0 Å². The first-order chi connectivity index (χ1) is 16.0. The summed E-state index contributed by atoms with van der Waals surface area (Å²) in [6.45, 7) is 2.00. The molecule has 0 saturated heterocycles. The minimum Gasteiger partial charge on any atom is -0.462 e. The summed E-state index contributed by atoms with van der Waals surface area (Å²) in [5, 5.41) is 0.712. The van der Waals surface area contributed by atoms with Gasteiger partial charge in [-0.3, -0.25) is 4.79 Å². The van der Waals surface area contributed by atoms with Gasteiger partial charge in [-0.15, -0.1) is 0 Å². The van der Waals surface area contributed by atoms with E-state index in [-0.39, 0.29) is 12.0 Å². The van der Waals surface area contributed by atoms with E-state index in [1.54, 1.807) is 43.3 Å². The van der Waals surface area contributed by atoms with Crippen LogP contribution in [0.5, 0.6) is 5.75 Å². The molecule has 0 radical (unpaired) electrons. The summed E-state index contributed by atoms with van der Waals surface area (Å²) >= 11 is 0. The van der Waals surface area contributed by atoms with Crippen molar-refractivity contribution in [3.05, 3.63) is 88.6 Å². The molecule has 0 aromatic heterocycles. The number of hydrogen-bond donors (Lipinski definition) is 0. The van der Waals surface area contributed by atoms with Crippen molar-refractivity contribution in [3.8, 4) is 28.2 Å². The molecule has 2 aromatic carbocycles. The van der Waals surface area contributed by atoms with Gasteiger partial charge in [-0.05, 0) is 42.8 Å². The van der Waals surface area contributed by atoms with Crippen molar-refractivity contribution in [2.75, 3.05) is 6.61 Å². The molecule has 0 spiro atoms. The Bertz CT molecular complexity index is 1450. The molecule has 5 rings (SSSR count). The van der Waals surface area contributed by atoms with Crippen LogP contribution in [0.1, 0.15) is 17.3 Å². The SMILES string of the molecule is CCOC(=O)c1ccccc1-c1c2ccc(=O)cc-2oc2cc(OC3C=CC(=O)O3)ccc12. The number of fused-ring (bicyclic) bond motifs is 2. The molecule has 2 heterocycles. The Balaban J connectivity index is 1.72. The number of carbonyl (C=O) groups is 2. The zero-order valence-electron chi connectivity index (χ0n) is 17.6. The Morgan fingerprint density at radius 1 is 1.00 bits per heavy atom. The van der Waals surface area contributed by atoms with Crippen LogP contribution in [0.15, 0.2) is 82.0 Å². The van der Waals surface area contributed by atoms with Crippen LogP contribution in [0.25, 0.3) is 33.4 Å². The highest BCUT2D eigenvalue weighted by atomic mass is 16.7. The van der Waals surface area contributed by atoms with Gasteiger partial charge in [-0.2, -0.15) is 0 Å². The van der Waals surface area contributed by atoms with Gasteiger partial charge >= 0.3 is 11.9 Å². The summed E-state index contributed by atoms with van der Waals surface area (Å²) in [5.41, 5.74) is 2.71. The number of rotatable bonds is 5. The Kier molecular flexibility index (Phi) is 5.14. The zero-order chi connectivity index (χ0) is 22.9. The lowest BCUT2D eigenvalue weighted by Gasteiger charge is -2.18. The fraction of sp³-hybridized carbons (Fsp3) is 0.115. The van der Waals surface area contributed by atoms with Crippen LogP contribution in [0.3, 0.4) is 0 Å². The fourth-order valence-corrected chi connectivity index (χ4v) is 3.85. The molecular weight excluding hydrogens is 424 g/mol.